The molecule has 7 nitrogen and oxygen atoms in total. The van der Waals surface area contributed by atoms with Crippen molar-refractivity contribution in [2.24, 2.45) is 0 Å². The zero-order chi connectivity index (χ0) is 18.8. The highest BCUT2D eigenvalue weighted by atomic mass is 16.5. The number of aromatic nitrogens is 2. The molecule has 1 aromatic carbocycles. The highest BCUT2D eigenvalue weighted by molar-refractivity contribution is 5.75. The molecule has 26 heavy (non-hydrogen) atoms. The summed E-state index contributed by atoms with van der Waals surface area (Å²) in [5.41, 5.74) is 1.00. The summed E-state index contributed by atoms with van der Waals surface area (Å²) in [6.45, 7) is 2.62. The zero-order valence-electron chi connectivity index (χ0n) is 15.7. The number of hydrogen-bond acceptors (Lipinski definition) is 6. The van der Waals surface area contributed by atoms with Crippen molar-refractivity contribution in [2.75, 3.05) is 20.8 Å². The van der Waals surface area contributed by atoms with E-state index in [1.165, 1.54) is 0 Å². The van der Waals surface area contributed by atoms with Gasteiger partial charge in [0.05, 0.1) is 14.2 Å². The molecular weight excluding hydrogens is 334 g/mol. The molecule has 7 heteroatoms. The van der Waals surface area contributed by atoms with Crippen molar-refractivity contribution in [1.29, 1.82) is 0 Å². The van der Waals surface area contributed by atoms with Gasteiger partial charge in [-0.1, -0.05) is 12.1 Å². The second-order valence-corrected chi connectivity index (χ2v) is 5.99. The third kappa shape index (κ3) is 6.06. The van der Waals surface area contributed by atoms with Crippen molar-refractivity contribution in [1.82, 2.24) is 15.5 Å². The largest absolute Gasteiger partial charge is 0.497 e. The number of nitrogens with zero attached hydrogens (tertiary/aromatic N) is 2. The van der Waals surface area contributed by atoms with Gasteiger partial charge in [-0.2, -0.15) is 4.98 Å². The highest BCUT2D eigenvalue weighted by Crippen LogP contribution is 2.24. The van der Waals surface area contributed by atoms with E-state index in [-0.39, 0.29) is 5.91 Å². The summed E-state index contributed by atoms with van der Waals surface area (Å²) in [5.74, 6) is 2.91. The third-order valence-corrected chi connectivity index (χ3v) is 3.98. The van der Waals surface area contributed by atoms with E-state index in [4.69, 9.17) is 14.0 Å². The van der Waals surface area contributed by atoms with E-state index in [2.05, 4.69) is 22.4 Å². The first-order valence-electron chi connectivity index (χ1n) is 8.95. The van der Waals surface area contributed by atoms with E-state index in [9.17, 15) is 4.79 Å². The Morgan fingerprint density at radius 2 is 2.04 bits per heavy atom. The van der Waals surface area contributed by atoms with Crippen LogP contribution >= 0.6 is 0 Å². The van der Waals surface area contributed by atoms with Crippen LogP contribution in [0.3, 0.4) is 0 Å². The van der Waals surface area contributed by atoms with Crippen LogP contribution < -0.4 is 14.8 Å². The minimum atomic E-state index is 0.0140. The van der Waals surface area contributed by atoms with Gasteiger partial charge in [-0.25, -0.2) is 0 Å². The first-order chi connectivity index (χ1) is 12.7. The van der Waals surface area contributed by atoms with Gasteiger partial charge in [0.2, 0.25) is 11.8 Å². The van der Waals surface area contributed by atoms with Crippen molar-refractivity contribution in [2.45, 2.75) is 45.4 Å². The third-order valence-electron chi connectivity index (χ3n) is 3.98. The van der Waals surface area contributed by atoms with Crippen LogP contribution in [-0.4, -0.2) is 36.8 Å². The fourth-order valence-corrected chi connectivity index (χ4v) is 2.62. The Kier molecular flexibility index (Phi) is 7.92. The van der Waals surface area contributed by atoms with Gasteiger partial charge in [-0.15, -0.1) is 0 Å². The topological polar surface area (TPSA) is 86.5 Å². The van der Waals surface area contributed by atoms with Crippen LogP contribution in [0.1, 0.15) is 43.5 Å². The number of carbonyl (C=O) groups is 1. The summed E-state index contributed by atoms with van der Waals surface area (Å²) < 4.78 is 15.7. The Bertz CT molecular complexity index is 700. The summed E-state index contributed by atoms with van der Waals surface area (Å²) in [7, 11) is 3.26. The summed E-state index contributed by atoms with van der Waals surface area (Å²) in [6.07, 6.45) is 4.21. The zero-order valence-corrected chi connectivity index (χ0v) is 15.7. The average Bonchev–Trinajstić information content (AvgIpc) is 3.09. The van der Waals surface area contributed by atoms with Crippen LogP contribution in [0.15, 0.2) is 22.7 Å². The van der Waals surface area contributed by atoms with Crippen molar-refractivity contribution in [3.63, 3.8) is 0 Å². The first-order valence-corrected chi connectivity index (χ1v) is 8.95. The molecule has 0 aliphatic heterocycles. The summed E-state index contributed by atoms with van der Waals surface area (Å²) in [6, 6.07) is 5.64. The lowest BCUT2D eigenvalue weighted by Crippen LogP contribution is -2.25. The number of benzene rings is 1. The molecule has 1 N–H and O–H groups in total. The van der Waals surface area contributed by atoms with Crippen LogP contribution in [0, 0.1) is 0 Å². The Labute approximate surface area is 154 Å². The number of amides is 1. The summed E-state index contributed by atoms with van der Waals surface area (Å²) >= 11 is 0. The van der Waals surface area contributed by atoms with Gasteiger partial charge in [0.25, 0.3) is 0 Å². The molecule has 1 heterocycles. The molecule has 0 atom stereocenters. The van der Waals surface area contributed by atoms with Gasteiger partial charge >= 0.3 is 0 Å². The van der Waals surface area contributed by atoms with Gasteiger partial charge in [-0.05, 0) is 43.0 Å². The molecule has 1 aromatic heterocycles. The van der Waals surface area contributed by atoms with Gasteiger partial charge in [-0.3, -0.25) is 4.79 Å². The van der Waals surface area contributed by atoms with E-state index in [0.717, 1.165) is 35.7 Å². The number of hydrogen-bond donors (Lipinski definition) is 1. The predicted octanol–water partition coefficient (Wildman–Crippen LogP) is 2.72. The van der Waals surface area contributed by atoms with Gasteiger partial charge in [0.15, 0.2) is 5.82 Å². The molecule has 2 aromatic rings. The van der Waals surface area contributed by atoms with Crippen LogP contribution in [0.25, 0.3) is 0 Å². The van der Waals surface area contributed by atoms with Crippen LogP contribution in [-0.2, 0) is 24.1 Å². The molecule has 0 bridgehead atoms. The van der Waals surface area contributed by atoms with E-state index < -0.39 is 0 Å². The number of carbonyl (C=O) groups excluding carboxylic acids is 1. The number of ether oxygens (including phenoxy) is 2. The fraction of sp³-hybridized carbons (Fsp3) is 0.526. The molecule has 0 saturated carbocycles. The first kappa shape index (κ1) is 19.8. The number of rotatable bonds is 11. The quantitative estimate of drug-likeness (QED) is 0.662. The van der Waals surface area contributed by atoms with Crippen LogP contribution in [0.2, 0.25) is 0 Å². The predicted molar refractivity (Wildman–Crippen MR) is 97.5 cm³/mol. The SMILES string of the molecule is CCCc1noc(CCCC(=O)NCCc2cc(OC)ccc2OC)n1. The minimum Gasteiger partial charge on any atom is -0.497 e. The maximum Gasteiger partial charge on any atom is 0.226 e. The summed E-state index contributed by atoms with van der Waals surface area (Å²) in [5, 5.41) is 6.84. The van der Waals surface area contributed by atoms with Crippen molar-refractivity contribution in [3.05, 3.63) is 35.5 Å². The lowest BCUT2D eigenvalue weighted by atomic mass is 10.1. The average molecular weight is 361 g/mol. The van der Waals surface area contributed by atoms with E-state index in [1.54, 1.807) is 14.2 Å². The van der Waals surface area contributed by atoms with Crippen molar-refractivity contribution in [3.8, 4) is 11.5 Å². The van der Waals surface area contributed by atoms with Crippen molar-refractivity contribution < 1.29 is 18.8 Å². The molecule has 0 radical (unpaired) electrons. The molecule has 0 aliphatic rings. The lowest BCUT2D eigenvalue weighted by Gasteiger charge is -2.11. The Morgan fingerprint density at radius 3 is 2.77 bits per heavy atom. The smallest absolute Gasteiger partial charge is 0.226 e. The van der Waals surface area contributed by atoms with E-state index >= 15 is 0 Å². The standard InChI is InChI=1S/C19H27N3O4/c1-4-6-17-21-19(26-22-17)8-5-7-18(23)20-12-11-14-13-15(24-2)9-10-16(14)25-3/h9-10,13H,4-8,11-12H2,1-3H3,(H,20,23). The van der Waals surface area contributed by atoms with Crippen molar-refractivity contribution >= 4 is 5.91 Å². The van der Waals surface area contributed by atoms with Crippen LogP contribution in [0.4, 0.5) is 0 Å². The second-order valence-electron chi connectivity index (χ2n) is 5.99. The molecular formula is C19H27N3O4. The van der Waals surface area contributed by atoms with Gasteiger partial charge in [0.1, 0.15) is 11.5 Å². The Hall–Kier alpha value is -2.57. The Morgan fingerprint density at radius 1 is 1.19 bits per heavy atom. The molecule has 1 amide bonds. The minimum absolute atomic E-state index is 0.0140. The second kappa shape index (κ2) is 10.4. The maximum absolute atomic E-state index is 12.0. The molecule has 2 rings (SSSR count). The normalized spacial score (nSPS) is 10.6. The lowest BCUT2D eigenvalue weighted by molar-refractivity contribution is -0.121. The molecule has 0 saturated heterocycles. The molecule has 142 valence electrons. The number of nitrogens with one attached hydrogen (secondary N) is 1. The monoisotopic (exact) mass is 361 g/mol. The number of aryl methyl sites for hydroxylation is 2. The molecule has 0 aliphatic carbocycles. The van der Waals surface area contributed by atoms with E-state index in [0.29, 0.717) is 38.1 Å². The summed E-state index contributed by atoms with van der Waals surface area (Å²) in [4.78, 5) is 16.3. The van der Waals surface area contributed by atoms with E-state index in [1.807, 2.05) is 18.2 Å². The molecule has 0 spiro atoms. The fourth-order valence-electron chi connectivity index (χ4n) is 2.62. The molecule has 0 fully saturated rings. The number of methoxy groups -OCH3 is 2. The maximum atomic E-state index is 12.0. The highest BCUT2D eigenvalue weighted by Gasteiger charge is 2.09. The molecule has 0 unspecified atom stereocenters. The van der Waals surface area contributed by atoms with Gasteiger partial charge < -0.3 is 19.3 Å². The van der Waals surface area contributed by atoms with Crippen LogP contribution in [0.5, 0.6) is 11.5 Å². The Balaban J connectivity index is 1.70. The van der Waals surface area contributed by atoms with Gasteiger partial charge in [0, 0.05) is 25.8 Å².